The van der Waals surface area contributed by atoms with Crippen LogP contribution in [-0.4, -0.2) is 44.9 Å². The average molecular weight is 3460 g/mol. The molecular formula is C109H78F8Ir9N9P2-9. The van der Waals surface area contributed by atoms with E-state index < -0.39 is 23.5 Å². The standard InChI is InChI=1S/C17H12N.C12H8F2N.C12H10FNP.C12H9FN.C12H11NP.C11H6F2N.2C11H7FN.C11H8N.9Ir/c1-2-7-14(8-3-1)15-9-6-10-16(13-15)17-11-4-5-12-18-17;1-8-6-7-11(14)15-12(8)9-4-2-3-5-10(9)13;1-8-5-11(15)12(14-7-8)9-3-2-4-10(13)6-9;1-9-10(5-4-6-11(9)13)12-7-2-3-8-14-12;1-9-4-2-5-10(8-9)12-11(14)6-3-7-13-12;12-9-6-7-10(13)14-11(9)8-4-2-1-3-5-8;12-10-5-3-4-9(8-10)11-6-1-2-7-13-11;12-10-7-4-8-13-11(10)9-5-2-1-3-6-9;1-2-6-10(7-3-1)11-8-4-5-9-12-11;;;;;;;;;/h1-9,11-13H;2-3,5-7H,1H3;2-5,7H,15H2,1H3;2-4,6-8H,1H3;2-7H,14H2,1H3;1-4,6-7H;1-3,5-8H;1-5,7-8H;1-6,8-9H;;;;;;;;;/q9*-1;;;;;;;;;. The quantitative estimate of drug-likeness (QED) is 0.0571. The Morgan fingerprint density at radius 3 is 1.23 bits per heavy atom. The first kappa shape index (κ1) is 124. The van der Waals surface area contributed by atoms with Crippen molar-refractivity contribution >= 4 is 29.1 Å². The van der Waals surface area contributed by atoms with E-state index in [4.69, 9.17) is 0 Å². The van der Waals surface area contributed by atoms with Crippen molar-refractivity contribution in [3.8, 4) is 112 Å². The van der Waals surface area contributed by atoms with Gasteiger partial charge in [-0.25, -0.2) is 22.0 Å². The normalized spacial score (nSPS) is 9.45. The van der Waals surface area contributed by atoms with E-state index in [0.717, 1.165) is 95.8 Å². The van der Waals surface area contributed by atoms with Gasteiger partial charge in [0.2, 0.25) is 11.9 Å². The van der Waals surface area contributed by atoms with Crippen molar-refractivity contribution in [2.45, 2.75) is 27.7 Å². The summed E-state index contributed by atoms with van der Waals surface area (Å²) in [6.45, 7) is 7.49. The van der Waals surface area contributed by atoms with Gasteiger partial charge in [-0.15, -0.1) is 305 Å². The molecule has 0 fully saturated rings. The van der Waals surface area contributed by atoms with E-state index in [1.165, 1.54) is 59.7 Å². The molecule has 0 aliphatic rings. The second kappa shape index (κ2) is 67.1. The minimum absolute atomic E-state index is 0. The van der Waals surface area contributed by atoms with Crippen LogP contribution in [0, 0.1) is 129 Å². The van der Waals surface area contributed by atoms with Crippen LogP contribution in [-0.2, 0) is 181 Å². The van der Waals surface area contributed by atoms with Crippen molar-refractivity contribution in [2.24, 2.45) is 0 Å². The summed E-state index contributed by atoms with van der Waals surface area (Å²) < 4.78 is 104. The zero-order chi connectivity index (χ0) is 90.2. The van der Waals surface area contributed by atoms with E-state index in [1.807, 2.05) is 184 Å². The number of halogens is 8. The fourth-order valence-corrected chi connectivity index (χ4v) is 12.7. The minimum atomic E-state index is -0.696. The second-order valence-electron chi connectivity index (χ2n) is 27.3. The molecule has 715 valence electrons. The summed E-state index contributed by atoms with van der Waals surface area (Å²) in [5.74, 6) is -3.47. The summed E-state index contributed by atoms with van der Waals surface area (Å²) >= 11 is 0. The largest absolute Gasteiger partial charge is 0.305 e. The monoisotopic (exact) mass is 3460 g/mol. The van der Waals surface area contributed by atoms with E-state index in [1.54, 1.807) is 136 Å². The fraction of sp³-hybridized carbons (Fsp3) is 0.0367. The van der Waals surface area contributed by atoms with Gasteiger partial charge < -0.3 is 34.9 Å². The molecule has 0 amide bonds. The van der Waals surface area contributed by atoms with Gasteiger partial charge in [-0.1, -0.05) is 128 Å². The third-order valence-corrected chi connectivity index (χ3v) is 18.9. The van der Waals surface area contributed by atoms with Gasteiger partial charge in [-0.05, 0) is 136 Å². The molecule has 9 aromatic heterocycles. The summed E-state index contributed by atoms with van der Waals surface area (Å²) in [5.41, 5.74) is 18.3. The number of aromatic nitrogens is 9. The predicted octanol–water partition coefficient (Wildman–Crippen LogP) is 25.9. The number of aryl methyl sites for hydroxylation is 3. The zero-order valence-corrected chi connectivity index (χ0v) is 96.4. The van der Waals surface area contributed by atoms with Crippen LogP contribution < -0.4 is 10.6 Å². The van der Waals surface area contributed by atoms with E-state index in [0.29, 0.717) is 39.2 Å². The molecule has 19 rings (SSSR count). The minimum Gasteiger partial charge on any atom is -0.305 e. The molecule has 9 nitrogen and oxygen atoms in total. The molecule has 19 aromatic rings. The molecule has 9 heterocycles. The first-order valence-electron chi connectivity index (χ1n) is 39.6. The molecule has 2 atom stereocenters. The number of hydrogen-bond acceptors (Lipinski definition) is 9. The molecule has 28 heteroatoms. The van der Waals surface area contributed by atoms with Gasteiger partial charge in [0.1, 0.15) is 11.6 Å². The Kier molecular flexibility index (Phi) is 60.6. The summed E-state index contributed by atoms with van der Waals surface area (Å²) in [4.78, 5) is 36.5. The maximum absolute atomic E-state index is 13.4. The SMILES string of the molecule is Cc1[c-]c(-c2ncccc2P)ccc1.Cc1c(-c2ccccn2)[c-]ccc1F.Cc1ccc(F)nc1-c1[c-]cccc1F.Cc1cnc(-c2[c-]c(F)ccc2)c(P)c1.Fc1cc[c-]c(-c2ccccn2)c1.Fc1ccc(F)c(-c2[c-]cccc2)n1.Fc1cccnc1-c1[c-]cccc1.[Ir].[Ir].[Ir].[Ir].[Ir].[Ir].[Ir].[Ir].[Ir].[c-]1ccc(-c2ccccc2)cc1-c1ccccn1.[c-]1ccccc1-c1ccccn1. The Morgan fingerprint density at radius 2 is 0.701 bits per heavy atom. The Morgan fingerprint density at radius 1 is 0.255 bits per heavy atom. The van der Waals surface area contributed by atoms with Crippen molar-refractivity contribution in [2.75, 3.05) is 0 Å². The van der Waals surface area contributed by atoms with Crippen molar-refractivity contribution < 1.29 is 216 Å². The Hall–Kier alpha value is -9.31. The molecular weight excluding hydrogens is 3380 g/mol. The van der Waals surface area contributed by atoms with Gasteiger partial charge in [-0.3, -0.25) is 14.4 Å². The molecule has 0 N–H and O–H groups in total. The van der Waals surface area contributed by atoms with E-state index >= 15 is 0 Å². The van der Waals surface area contributed by atoms with E-state index in [-0.39, 0.29) is 215 Å². The molecule has 9 radical (unpaired) electrons. The van der Waals surface area contributed by atoms with Gasteiger partial charge >= 0.3 is 0 Å². The fourth-order valence-electron chi connectivity index (χ4n) is 11.8. The number of benzene rings is 10. The van der Waals surface area contributed by atoms with Crippen molar-refractivity contribution in [3.05, 3.63) is 501 Å². The third-order valence-electron chi connectivity index (χ3n) is 18.0. The van der Waals surface area contributed by atoms with Gasteiger partial charge in [0.05, 0.1) is 0 Å². The van der Waals surface area contributed by atoms with Gasteiger partial charge in [0.25, 0.3) is 0 Å². The Bertz CT molecular complexity index is 6550. The average Bonchev–Trinajstić information content (AvgIpc) is 1.04. The topological polar surface area (TPSA) is 116 Å². The van der Waals surface area contributed by atoms with Crippen molar-refractivity contribution in [1.29, 1.82) is 0 Å². The molecule has 0 spiro atoms. The number of hydrogen-bond donors (Lipinski definition) is 0. The first-order valence-corrected chi connectivity index (χ1v) is 40.8. The molecule has 0 saturated carbocycles. The number of pyridine rings is 9. The van der Waals surface area contributed by atoms with Crippen molar-refractivity contribution in [1.82, 2.24) is 44.9 Å². The van der Waals surface area contributed by atoms with Crippen LogP contribution in [0.25, 0.3) is 112 Å². The van der Waals surface area contributed by atoms with E-state index in [9.17, 15) is 35.1 Å². The zero-order valence-electron chi connectivity index (χ0n) is 72.5. The maximum atomic E-state index is 13.4. The van der Waals surface area contributed by atoms with Crippen LogP contribution in [0.2, 0.25) is 0 Å². The van der Waals surface area contributed by atoms with Crippen LogP contribution in [0.3, 0.4) is 0 Å². The molecule has 2 unspecified atom stereocenters. The summed E-state index contributed by atoms with van der Waals surface area (Å²) in [6, 6.07) is 124. The van der Waals surface area contributed by atoms with Crippen LogP contribution in [0.5, 0.6) is 0 Å². The molecule has 0 aliphatic heterocycles. The Labute approximate surface area is 920 Å². The van der Waals surface area contributed by atoms with Crippen LogP contribution in [0.1, 0.15) is 22.3 Å². The molecule has 10 aromatic carbocycles. The third kappa shape index (κ3) is 40.4. The van der Waals surface area contributed by atoms with Gasteiger partial charge in [0, 0.05) is 259 Å². The second-order valence-corrected chi connectivity index (χ2v) is 28.6. The summed E-state index contributed by atoms with van der Waals surface area (Å²) in [5, 5.41) is 2.06. The number of rotatable bonds is 10. The Balaban J connectivity index is 0.000000518. The van der Waals surface area contributed by atoms with Crippen LogP contribution in [0.15, 0.2) is 377 Å². The molecule has 0 saturated heterocycles. The summed E-state index contributed by atoms with van der Waals surface area (Å²) in [7, 11) is 5.30. The maximum Gasteiger partial charge on any atom is 0.204 e. The molecule has 0 aliphatic carbocycles. The van der Waals surface area contributed by atoms with Crippen molar-refractivity contribution in [3.63, 3.8) is 0 Å². The predicted molar refractivity (Wildman–Crippen MR) is 499 cm³/mol. The number of nitrogens with zero attached hydrogens (tertiary/aromatic N) is 9. The van der Waals surface area contributed by atoms with E-state index in [2.05, 4.69) is 142 Å². The smallest absolute Gasteiger partial charge is 0.204 e. The van der Waals surface area contributed by atoms with Gasteiger partial charge in [-0.2, -0.15) is 8.78 Å². The molecule has 137 heavy (non-hydrogen) atoms. The summed E-state index contributed by atoms with van der Waals surface area (Å²) in [6.07, 6.45) is 12.1. The molecule has 0 bridgehead atoms. The van der Waals surface area contributed by atoms with Gasteiger partial charge in [0.15, 0.2) is 0 Å². The van der Waals surface area contributed by atoms with Crippen LogP contribution in [0.4, 0.5) is 35.1 Å². The first-order chi connectivity index (χ1) is 62.3. The van der Waals surface area contributed by atoms with Crippen LogP contribution >= 0.6 is 18.5 Å².